The molecule has 3 aliphatic rings. The zero-order valence-corrected chi connectivity index (χ0v) is 21.8. The summed E-state index contributed by atoms with van der Waals surface area (Å²) in [5.74, 6) is 0.324. The highest BCUT2D eigenvalue weighted by atomic mass is 16.4. The average molecular weight is 522 g/mol. The van der Waals surface area contributed by atoms with Crippen LogP contribution in [0, 0.1) is 0 Å². The van der Waals surface area contributed by atoms with Gasteiger partial charge in [0, 0.05) is 36.7 Å². The molecule has 1 aliphatic carbocycles. The van der Waals surface area contributed by atoms with E-state index < -0.39 is 17.4 Å². The molecule has 1 saturated heterocycles. The number of nitrogens with two attached hydrogens (primary N) is 1. The Morgan fingerprint density at radius 3 is 2.63 bits per heavy atom. The first-order valence-corrected chi connectivity index (χ1v) is 13.3. The Labute approximate surface area is 221 Å². The van der Waals surface area contributed by atoms with E-state index in [1.807, 2.05) is 24.8 Å². The van der Waals surface area contributed by atoms with Gasteiger partial charge in [0.25, 0.3) is 5.91 Å². The van der Waals surface area contributed by atoms with E-state index in [1.54, 1.807) is 0 Å². The van der Waals surface area contributed by atoms with Gasteiger partial charge in [-0.3, -0.25) is 9.59 Å². The number of fused-ring (bicyclic) bond motifs is 1. The van der Waals surface area contributed by atoms with Crippen LogP contribution >= 0.6 is 0 Å². The molecule has 3 heterocycles. The first-order chi connectivity index (χ1) is 18.1. The molecule has 1 unspecified atom stereocenters. The van der Waals surface area contributed by atoms with Crippen molar-refractivity contribution in [2.45, 2.75) is 76.2 Å². The molecule has 2 fully saturated rings. The van der Waals surface area contributed by atoms with Crippen LogP contribution < -0.4 is 26.6 Å². The Morgan fingerprint density at radius 1 is 1.16 bits per heavy atom. The summed E-state index contributed by atoms with van der Waals surface area (Å²) in [4.78, 5) is 47.2. The van der Waals surface area contributed by atoms with Crippen LogP contribution in [0.15, 0.2) is 18.3 Å². The van der Waals surface area contributed by atoms with E-state index in [1.165, 1.54) is 12.6 Å². The predicted octanol–water partition coefficient (Wildman–Crippen LogP) is 3.83. The molecule has 202 valence electrons. The fourth-order valence-corrected chi connectivity index (χ4v) is 5.89. The zero-order chi connectivity index (χ0) is 27.0. The van der Waals surface area contributed by atoms with Crippen LogP contribution in [0.2, 0.25) is 0 Å². The van der Waals surface area contributed by atoms with Crippen molar-refractivity contribution in [2.75, 3.05) is 28.6 Å². The van der Waals surface area contributed by atoms with Gasteiger partial charge in [0.15, 0.2) is 0 Å². The molecule has 1 saturated carbocycles. The standard InChI is InChI=1S/C27H35N7O4/c1-27(2)20-12-17(11-18(21(20)32-24(27)36)15-7-4-3-5-8-15)30-23-19(22(28)35)13-29-25(33-23)34-10-6-9-16(14-34)31-26(37)38/h11-13,15-16,31H,3-10,14H2,1-2H3,(H2,28,35)(H,32,36)(H,37,38)(H,29,30,33). The number of amides is 3. The van der Waals surface area contributed by atoms with Gasteiger partial charge in [-0.05, 0) is 68.7 Å². The van der Waals surface area contributed by atoms with Crippen molar-refractivity contribution >= 4 is 41.0 Å². The fraction of sp³-hybridized carbons (Fsp3) is 0.519. The molecular formula is C27H35N7O4. The quantitative estimate of drug-likeness (QED) is 0.383. The van der Waals surface area contributed by atoms with Gasteiger partial charge in [-0.2, -0.15) is 4.98 Å². The van der Waals surface area contributed by atoms with E-state index >= 15 is 0 Å². The first kappa shape index (κ1) is 25.7. The number of piperidine rings is 1. The minimum absolute atomic E-state index is 0.0292. The molecule has 38 heavy (non-hydrogen) atoms. The number of aromatic nitrogens is 2. The number of hydrogen-bond donors (Lipinski definition) is 5. The second kappa shape index (κ2) is 10.1. The molecule has 5 rings (SSSR count). The number of nitrogens with one attached hydrogen (secondary N) is 3. The van der Waals surface area contributed by atoms with Gasteiger partial charge in [0.2, 0.25) is 11.9 Å². The van der Waals surface area contributed by atoms with Gasteiger partial charge < -0.3 is 31.7 Å². The molecule has 2 aromatic rings. The van der Waals surface area contributed by atoms with Crippen LogP contribution in [0.1, 0.15) is 86.2 Å². The molecular weight excluding hydrogens is 486 g/mol. The number of carboxylic acid groups (broad SMARTS) is 1. The van der Waals surface area contributed by atoms with Gasteiger partial charge in [-0.1, -0.05) is 19.3 Å². The van der Waals surface area contributed by atoms with Crippen molar-refractivity contribution in [3.63, 3.8) is 0 Å². The Bertz CT molecular complexity index is 1270. The largest absolute Gasteiger partial charge is 0.465 e. The van der Waals surface area contributed by atoms with Crippen LogP contribution in [0.25, 0.3) is 0 Å². The minimum Gasteiger partial charge on any atom is -0.465 e. The highest BCUT2D eigenvalue weighted by Gasteiger charge is 2.41. The second-order valence-electron chi connectivity index (χ2n) is 11.1. The lowest BCUT2D eigenvalue weighted by Gasteiger charge is -2.32. The molecule has 0 bridgehead atoms. The number of carbonyl (C=O) groups is 3. The third-order valence-electron chi connectivity index (χ3n) is 8.03. The number of carbonyl (C=O) groups excluding carboxylic acids is 2. The van der Waals surface area contributed by atoms with Crippen molar-refractivity contribution < 1.29 is 19.5 Å². The Morgan fingerprint density at radius 2 is 1.92 bits per heavy atom. The van der Waals surface area contributed by atoms with E-state index in [2.05, 4.69) is 32.0 Å². The normalized spacial score (nSPS) is 20.9. The average Bonchev–Trinajstić information content (AvgIpc) is 3.12. The summed E-state index contributed by atoms with van der Waals surface area (Å²) in [7, 11) is 0. The maximum atomic E-state index is 12.9. The van der Waals surface area contributed by atoms with Gasteiger partial charge in [-0.15, -0.1) is 0 Å². The molecule has 11 heteroatoms. The van der Waals surface area contributed by atoms with Crippen LogP contribution in [-0.4, -0.2) is 52.1 Å². The molecule has 1 aromatic carbocycles. The molecule has 2 aliphatic heterocycles. The third kappa shape index (κ3) is 4.97. The van der Waals surface area contributed by atoms with E-state index in [4.69, 9.17) is 10.8 Å². The Balaban J connectivity index is 1.51. The smallest absolute Gasteiger partial charge is 0.404 e. The number of nitrogens with zero attached hydrogens (tertiary/aromatic N) is 3. The van der Waals surface area contributed by atoms with Crippen LogP contribution in [0.3, 0.4) is 0 Å². The number of hydrogen-bond acceptors (Lipinski definition) is 7. The number of benzene rings is 1. The second-order valence-corrected chi connectivity index (χ2v) is 11.1. The summed E-state index contributed by atoms with van der Waals surface area (Å²) < 4.78 is 0. The van der Waals surface area contributed by atoms with Crippen molar-refractivity contribution in [3.8, 4) is 0 Å². The van der Waals surface area contributed by atoms with Crippen LogP contribution in [0.5, 0.6) is 0 Å². The summed E-state index contributed by atoms with van der Waals surface area (Å²) in [6.07, 6.45) is 7.52. The Kier molecular flexibility index (Phi) is 6.85. The monoisotopic (exact) mass is 521 g/mol. The summed E-state index contributed by atoms with van der Waals surface area (Å²) in [6, 6.07) is 3.76. The van der Waals surface area contributed by atoms with Crippen molar-refractivity contribution in [1.29, 1.82) is 0 Å². The topological polar surface area (TPSA) is 163 Å². The number of primary amides is 1. The van der Waals surface area contributed by atoms with Crippen LogP contribution in [0.4, 0.5) is 27.9 Å². The summed E-state index contributed by atoms with van der Waals surface area (Å²) >= 11 is 0. The summed E-state index contributed by atoms with van der Waals surface area (Å²) in [5, 5.41) is 18.1. The maximum Gasteiger partial charge on any atom is 0.404 e. The lowest BCUT2D eigenvalue weighted by atomic mass is 9.79. The maximum absolute atomic E-state index is 12.9. The molecule has 11 nitrogen and oxygen atoms in total. The predicted molar refractivity (Wildman–Crippen MR) is 144 cm³/mol. The molecule has 1 atom stereocenters. The molecule has 0 radical (unpaired) electrons. The van der Waals surface area contributed by atoms with E-state index in [9.17, 15) is 14.4 Å². The zero-order valence-electron chi connectivity index (χ0n) is 21.8. The Hall–Kier alpha value is -3.89. The molecule has 3 amide bonds. The van der Waals surface area contributed by atoms with Crippen molar-refractivity contribution in [1.82, 2.24) is 15.3 Å². The number of rotatable bonds is 6. The molecule has 0 spiro atoms. The first-order valence-electron chi connectivity index (χ1n) is 13.3. The summed E-state index contributed by atoms with van der Waals surface area (Å²) in [5.41, 5.74) is 8.78. The molecule has 1 aromatic heterocycles. The van der Waals surface area contributed by atoms with Gasteiger partial charge in [0.05, 0.1) is 5.41 Å². The molecule has 6 N–H and O–H groups in total. The minimum atomic E-state index is -1.06. The third-order valence-corrected chi connectivity index (χ3v) is 8.03. The van der Waals surface area contributed by atoms with E-state index in [0.717, 1.165) is 61.0 Å². The van der Waals surface area contributed by atoms with Crippen LogP contribution in [-0.2, 0) is 10.2 Å². The highest BCUT2D eigenvalue weighted by Crippen LogP contribution is 2.47. The van der Waals surface area contributed by atoms with Crippen molar-refractivity contribution in [2.24, 2.45) is 5.73 Å². The van der Waals surface area contributed by atoms with E-state index in [-0.39, 0.29) is 23.3 Å². The van der Waals surface area contributed by atoms with Gasteiger partial charge >= 0.3 is 6.09 Å². The summed E-state index contributed by atoms with van der Waals surface area (Å²) in [6.45, 7) is 4.92. The van der Waals surface area contributed by atoms with E-state index in [0.29, 0.717) is 25.0 Å². The van der Waals surface area contributed by atoms with Gasteiger partial charge in [-0.25, -0.2) is 9.78 Å². The lowest BCUT2D eigenvalue weighted by Crippen LogP contribution is -2.48. The van der Waals surface area contributed by atoms with Gasteiger partial charge in [0.1, 0.15) is 11.4 Å². The number of anilines is 4. The SMILES string of the molecule is CC1(C)C(=O)Nc2c(C3CCCCC3)cc(Nc3nc(N4CCCC(NC(=O)O)C4)ncc3C(N)=O)cc21. The highest BCUT2D eigenvalue weighted by molar-refractivity contribution is 6.07. The lowest BCUT2D eigenvalue weighted by molar-refractivity contribution is -0.119. The van der Waals surface area contributed by atoms with Crippen molar-refractivity contribution in [3.05, 3.63) is 35.0 Å². The fourth-order valence-electron chi connectivity index (χ4n) is 5.89.